The highest BCUT2D eigenvalue weighted by Gasteiger charge is 2.32. The first kappa shape index (κ1) is 16.5. The van der Waals surface area contributed by atoms with Gasteiger partial charge in [-0.3, -0.25) is 0 Å². The number of carbonyl (C=O) groups is 1. The van der Waals surface area contributed by atoms with E-state index in [-0.39, 0.29) is 36.8 Å². The molecule has 1 aliphatic rings. The van der Waals surface area contributed by atoms with Gasteiger partial charge in [-0.15, -0.1) is 0 Å². The lowest BCUT2D eigenvalue weighted by molar-refractivity contribution is 0.108. The van der Waals surface area contributed by atoms with Crippen LogP contribution in [0.25, 0.3) is 0 Å². The average molecular weight is 332 g/mol. The van der Waals surface area contributed by atoms with Crippen molar-refractivity contribution in [2.45, 2.75) is 4.90 Å². The molecule has 0 spiro atoms. The quantitative estimate of drug-likeness (QED) is 0.822. The number of ether oxygens (including phenoxy) is 2. The Bertz CT molecular complexity index is 656. The standard InChI is InChI=1S/C13H17FN2O5S/c1-20-11-4-3-10(14)9-12(11)22(18,19)16-7-5-15(6-8-16)13(17)21-2/h3-4,9H,5-8H2,1-2H3. The second-order valence-corrected chi connectivity index (χ2v) is 6.56. The molecule has 1 aromatic carbocycles. The molecule has 0 bridgehead atoms. The van der Waals surface area contributed by atoms with Crippen molar-refractivity contribution >= 4 is 16.1 Å². The fraction of sp³-hybridized carbons (Fsp3) is 0.462. The van der Waals surface area contributed by atoms with Gasteiger partial charge in [-0.2, -0.15) is 4.31 Å². The summed E-state index contributed by atoms with van der Waals surface area (Å²) >= 11 is 0. The number of halogens is 1. The van der Waals surface area contributed by atoms with Gasteiger partial charge < -0.3 is 14.4 Å². The smallest absolute Gasteiger partial charge is 0.409 e. The van der Waals surface area contributed by atoms with Crippen LogP contribution in [-0.2, 0) is 14.8 Å². The van der Waals surface area contributed by atoms with Gasteiger partial charge in [-0.1, -0.05) is 0 Å². The van der Waals surface area contributed by atoms with E-state index in [1.54, 1.807) is 0 Å². The number of hydrogen-bond donors (Lipinski definition) is 0. The first-order valence-electron chi connectivity index (χ1n) is 6.56. The Kier molecular flexibility index (Phi) is 4.87. The Morgan fingerprint density at radius 1 is 1.18 bits per heavy atom. The number of methoxy groups -OCH3 is 2. The number of carbonyl (C=O) groups excluding carboxylic acids is 1. The highest BCUT2D eigenvalue weighted by atomic mass is 32.2. The molecule has 1 aliphatic heterocycles. The molecule has 2 rings (SSSR count). The van der Waals surface area contributed by atoms with Gasteiger partial charge >= 0.3 is 6.09 Å². The van der Waals surface area contributed by atoms with E-state index < -0.39 is 21.9 Å². The highest BCUT2D eigenvalue weighted by molar-refractivity contribution is 7.89. The van der Waals surface area contributed by atoms with E-state index in [4.69, 9.17) is 4.74 Å². The first-order chi connectivity index (χ1) is 10.4. The zero-order chi connectivity index (χ0) is 16.3. The van der Waals surface area contributed by atoms with Crippen LogP contribution < -0.4 is 4.74 Å². The molecule has 1 saturated heterocycles. The average Bonchev–Trinajstić information content (AvgIpc) is 2.54. The summed E-state index contributed by atoms with van der Waals surface area (Å²) in [5.41, 5.74) is 0. The number of hydrogen-bond acceptors (Lipinski definition) is 5. The highest BCUT2D eigenvalue weighted by Crippen LogP contribution is 2.28. The molecule has 0 saturated carbocycles. The zero-order valence-corrected chi connectivity index (χ0v) is 13.1. The number of benzene rings is 1. The van der Waals surface area contributed by atoms with Gasteiger partial charge in [-0.05, 0) is 18.2 Å². The molecular weight excluding hydrogens is 315 g/mol. The summed E-state index contributed by atoms with van der Waals surface area (Å²) in [6.45, 7) is 0.640. The van der Waals surface area contributed by atoms with E-state index in [1.807, 2.05) is 0 Å². The molecule has 0 aromatic heterocycles. The number of amides is 1. The van der Waals surface area contributed by atoms with Crippen molar-refractivity contribution in [2.24, 2.45) is 0 Å². The summed E-state index contributed by atoms with van der Waals surface area (Å²) in [4.78, 5) is 12.6. The lowest BCUT2D eigenvalue weighted by Crippen LogP contribution is -2.50. The molecule has 0 atom stereocenters. The molecule has 122 valence electrons. The minimum atomic E-state index is -3.89. The van der Waals surface area contributed by atoms with Gasteiger partial charge in [0.25, 0.3) is 0 Å². The maximum atomic E-state index is 13.4. The van der Waals surface area contributed by atoms with Crippen molar-refractivity contribution in [1.29, 1.82) is 0 Å². The largest absolute Gasteiger partial charge is 0.495 e. The summed E-state index contributed by atoms with van der Waals surface area (Å²) in [5, 5.41) is 0. The molecule has 1 heterocycles. The molecule has 1 fully saturated rings. The zero-order valence-electron chi connectivity index (χ0n) is 12.3. The topological polar surface area (TPSA) is 76.2 Å². The minimum Gasteiger partial charge on any atom is -0.495 e. The fourth-order valence-corrected chi connectivity index (χ4v) is 3.82. The van der Waals surface area contributed by atoms with Crippen molar-refractivity contribution in [1.82, 2.24) is 9.21 Å². The van der Waals surface area contributed by atoms with Gasteiger partial charge in [0.15, 0.2) is 0 Å². The van der Waals surface area contributed by atoms with Gasteiger partial charge in [0.2, 0.25) is 10.0 Å². The van der Waals surface area contributed by atoms with Crippen LogP contribution in [0.3, 0.4) is 0 Å². The van der Waals surface area contributed by atoms with Crippen LogP contribution in [0.4, 0.5) is 9.18 Å². The number of rotatable bonds is 3. The second-order valence-electron chi connectivity index (χ2n) is 4.66. The Labute approximate surface area is 128 Å². The summed E-state index contributed by atoms with van der Waals surface area (Å²) in [5.74, 6) is -0.579. The van der Waals surface area contributed by atoms with E-state index in [9.17, 15) is 17.6 Å². The molecule has 0 aliphatic carbocycles. The van der Waals surface area contributed by atoms with Crippen LogP contribution >= 0.6 is 0 Å². The van der Waals surface area contributed by atoms with Crippen LogP contribution in [0.2, 0.25) is 0 Å². The first-order valence-corrected chi connectivity index (χ1v) is 8.00. The minimum absolute atomic E-state index is 0.0804. The predicted octanol–water partition coefficient (Wildman–Crippen LogP) is 0.907. The van der Waals surface area contributed by atoms with Crippen molar-refractivity contribution in [3.05, 3.63) is 24.0 Å². The normalized spacial score (nSPS) is 16.4. The molecule has 0 unspecified atom stereocenters. The van der Waals surface area contributed by atoms with Crippen LogP contribution in [0.5, 0.6) is 5.75 Å². The number of sulfonamides is 1. The molecule has 9 heteroatoms. The molecule has 0 N–H and O–H groups in total. The van der Waals surface area contributed by atoms with E-state index in [1.165, 1.54) is 29.5 Å². The van der Waals surface area contributed by atoms with E-state index in [2.05, 4.69) is 4.74 Å². The summed E-state index contributed by atoms with van der Waals surface area (Å²) in [7, 11) is -1.31. The summed E-state index contributed by atoms with van der Waals surface area (Å²) in [6.07, 6.45) is -0.500. The summed E-state index contributed by atoms with van der Waals surface area (Å²) < 4.78 is 49.4. The summed E-state index contributed by atoms with van der Waals surface area (Å²) in [6, 6.07) is 3.33. The Balaban J connectivity index is 2.22. The van der Waals surface area contributed by atoms with Crippen molar-refractivity contribution in [3.8, 4) is 5.75 Å². The van der Waals surface area contributed by atoms with E-state index in [0.29, 0.717) is 0 Å². The van der Waals surface area contributed by atoms with E-state index >= 15 is 0 Å². The maximum Gasteiger partial charge on any atom is 0.409 e. The second kappa shape index (κ2) is 6.49. The van der Waals surface area contributed by atoms with E-state index in [0.717, 1.165) is 12.1 Å². The van der Waals surface area contributed by atoms with Crippen molar-refractivity contribution < 1.29 is 27.1 Å². The van der Waals surface area contributed by atoms with Crippen LogP contribution in [-0.4, -0.2) is 64.1 Å². The van der Waals surface area contributed by atoms with Gasteiger partial charge in [0.1, 0.15) is 16.5 Å². The predicted molar refractivity (Wildman–Crippen MR) is 75.7 cm³/mol. The van der Waals surface area contributed by atoms with Crippen molar-refractivity contribution in [3.63, 3.8) is 0 Å². The van der Waals surface area contributed by atoms with Crippen molar-refractivity contribution in [2.75, 3.05) is 40.4 Å². The number of piperazine rings is 1. The Morgan fingerprint density at radius 2 is 1.82 bits per heavy atom. The third kappa shape index (κ3) is 3.14. The molecule has 1 amide bonds. The third-order valence-electron chi connectivity index (χ3n) is 3.41. The van der Waals surface area contributed by atoms with Gasteiger partial charge in [-0.25, -0.2) is 17.6 Å². The Morgan fingerprint density at radius 3 is 2.36 bits per heavy atom. The van der Waals surface area contributed by atoms with Gasteiger partial charge in [0.05, 0.1) is 14.2 Å². The maximum absolute atomic E-state index is 13.4. The SMILES string of the molecule is COC(=O)N1CCN(S(=O)(=O)c2cc(F)ccc2OC)CC1. The van der Waals surface area contributed by atoms with Crippen LogP contribution in [0.1, 0.15) is 0 Å². The third-order valence-corrected chi connectivity index (χ3v) is 5.33. The van der Waals surface area contributed by atoms with Gasteiger partial charge in [0, 0.05) is 26.2 Å². The van der Waals surface area contributed by atoms with Crippen LogP contribution in [0, 0.1) is 5.82 Å². The lowest BCUT2D eigenvalue weighted by Gasteiger charge is -2.33. The molecule has 7 nitrogen and oxygen atoms in total. The lowest BCUT2D eigenvalue weighted by atomic mass is 10.3. The molecular formula is C13H17FN2O5S. The monoisotopic (exact) mass is 332 g/mol. The fourth-order valence-electron chi connectivity index (χ4n) is 2.23. The Hall–Kier alpha value is -1.87. The molecule has 1 aromatic rings. The molecule has 22 heavy (non-hydrogen) atoms. The van der Waals surface area contributed by atoms with Crippen LogP contribution in [0.15, 0.2) is 23.1 Å². The molecule has 0 radical (unpaired) electrons. The number of nitrogens with zero attached hydrogens (tertiary/aromatic N) is 2.